The lowest BCUT2D eigenvalue weighted by molar-refractivity contribution is -0.141. The summed E-state index contributed by atoms with van der Waals surface area (Å²) >= 11 is 1.61. The molecule has 188 valence electrons. The second kappa shape index (κ2) is 12.4. The predicted molar refractivity (Wildman–Crippen MR) is 131 cm³/mol. The average molecular weight is 493 g/mol. The van der Waals surface area contributed by atoms with Gasteiger partial charge in [-0.05, 0) is 57.3 Å². The van der Waals surface area contributed by atoms with Crippen LogP contribution in [-0.2, 0) is 9.53 Å². The van der Waals surface area contributed by atoms with Crippen LogP contribution in [0.1, 0.15) is 53.8 Å². The molecule has 0 bridgehead atoms. The lowest BCUT2D eigenvalue weighted by Gasteiger charge is -2.36. The van der Waals surface area contributed by atoms with Gasteiger partial charge in [0, 0.05) is 50.9 Å². The quantitative estimate of drug-likeness (QED) is 0.622. The van der Waals surface area contributed by atoms with Crippen molar-refractivity contribution in [2.75, 3.05) is 57.9 Å². The Balaban J connectivity index is 1.64. The minimum atomic E-state index is -0.952. The van der Waals surface area contributed by atoms with Gasteiger partial charge in [0.25, 0.3) is 11.8 Å². The number of pyridine rings is 1. The van der Waals surface area contributed by atoms with Crippen LogP contribution in [0, 0.1) is 6.92 Å². The van der Waals surface area contributed by atoms with E-state index in [0.29, 0.717) is 70.7 Å². The third-order valence-corrected chi connectivity index (χ3v) is 7.11. The lowest BCUT2D eigenvalue weighted by atomic mass is 9.89. The largest absolute Gasteiger partial charge is 0.450 e. The maximum Gasteiger partial charge on any atom is 0.409 e. The van der Waals surface area contributed by atoms with Gasteiger partial charge in [-0.15, -0.1) is 0 Å². The molecule has 0 spiro atoms. The minimum Gasteiger partial charge on any atom is -0.450 e. The van der Waals surface area contributed by atoms with Crippen molar-refractivity contribution in [3.8, 4) is 0 Å². The first-order valence-electron chi connectivity index (χ1n) is 12.0. The first kappa shape index (κ1) is 26.3. The summed E-state index contributed by atoms with van der Waals surface area (Å²) in [5.41, 5.74) is 2.23. The van der Waals surface area contributed by atoms with E-state index in [-0.39, 0.29) is 23.8 Å². The van der Waals surface area contributed by atoms with Crippen molar-refractivity contribution >= 4 is 29.7 Å². The number of likely N-dealkylation sites (tertiary alicyclic amines) is 1. The van der Waals surface area contributed by atoms with Crippen LogP contribution < -0.4 is 0 Å². The number of rotatable bonds is 7. The number of aromatic nitrogens is 1. The Bertz CT molecular complexity index is 867. The number of nitrogens with zero attached hydrogens (tertiary/aromatic N) is 4. The second-order valence-corrected chi connectivity index (χ2v) is 9.75. The van der Waals surface area contributed by atoms with E-state index >= 15 is 0 Å². The van der Waals surface area contributed by atoms with Gasteiger partial charge in [-0.2, -0.15) is 11.8 Å². The molecule has 2 aliphatic heterocycles. The highest BCUT2D eigenvalue weighted by Gasteiger charge is 2.32. The van der Waals surface area contributed by atoms with Gasteiger partial charge in [0.2, 0.25) is 0 Å². The van der Waals surface area contributed by atoms with Crippen molar-refractivity contribution in [3.63, 3.8) is 0 Å². The Hall–Kier alpha value is -2.33. The van der Waals surface area contributed by atoms with Crippen molar-refractivity contribution in [2.24, 2.45) is 0 Å². The maximum atomic E-state index is 13.4. The summed E-state index contributed by atoms with van der Waals surface area (Å²) in [6.07, 6.45) is 2.53. The lowest BCUT2D eigenvalue weighted by Crippen LogP contribution is -2.51. The highest BCUT2D eigenvalue weighted by molar-refractivity contribution is 7.98. The van der Waals surface area contributed by atoms with Crippen molar-refractivity contribution in [1.29, 1.82) is 0 Å². The smallest absolute Gasteiger partial charge is 0.409 e. The van der Waals surface area contributed by atoms with E-state index < -0.39 is 6.10 Å². The third kappa shape index (κ3) is 6.41. The number of hydrogen-bond donors (Lipinski definition) is 1. The molecule has 0 aromatic carbocycles. The van der Waals surface area contributed by atoms with Crippen molar-refractivity contribution in [2.45, 2.75) is 45.1 Å². The topological polar surface area (TPSA) is 103 Å². The standard InChI is InChI=1S/C24H36N4O5S/c1-4-33-24(32)28-14-12-27(13-15-28)22(30)19-6-5-17(2)25-21(19)18-7-10-26(11-8-18)23(31)20(29)9-16-34-3/h5-6,18,20,29H,4,7-16H2,1-3H3. The first-order valence-corrected chi connectivity index (χ1v) is 13.4. The summed E-state index contributed by atoms with van der Waals surface area (Å²) in [6.45, 7) is 6.89. The minimum absolute atomic E-state index is 0.0722. The molecule has 1 aromatic rings. The number of piperazine rings is 1. The van der Waals surface area contributed by atoms with Crippen LogP contribution in [0.2, 0.25) is 0 Å². The Kier molecular flexibility index (Phi) is 9.58. The van der Waals surface area contributed by atoms with E-state index in [1.807, 2.05) is 25.3 Å². The van der Waals surface area contributed by atoms with Crippen LogP contribution in [-0.4, -0.2) is 107 Å². The molecule has 0 radical (unpaired) electrons. The molecule has 3 rings (SSSR count). The van der Waals surface area contributed by atoms with Crippen LogP contribution in [0.15, 0.2) is 12.1 Å². The van der Waals surface area contributed by atoms with Crippen LogP contribution in [0.3, 0.4) is 0 Å². The summed E-state index contributed by atoms with van der Waals surface area (Å²) in [5.74, 6) is 0.542. The third-order valence-electron chi connectivity index (χ3n) is 6.46. The zero-order valence-corrected chi connectivity index (χ0v) is 21.2. The molecule has 1 unspecified atom stereocenters. The monoisotopic (exact) mass is 492 g/mol. The molecule has 34 heavy (non-hydrogen) atoms. The van der Waals surface area contributed by atoms with Gasteiger partial charge in [0.1, 0.15) is 6.10 Å². The number of aliphatic hydroxyl groups is 1. The van der Waals surface area contributed by atoms with Gasteiger partial charge >= 0.3 is 6.09 Å². The molecule has 2 fully saturated rings. The second-order valence-electron chi connectivity index (χ2n) is 8.76. The summed E-state index contributed by atoms with van der Waals surface area (Å²) in [4.78, 5) is 47.8. The van der Waals surface area contributed by atoms with Gasteiger partial charge < -0.3 is 24.5 Å². The summed E-state index contributed by atoms with van der Waals surface area (Å²) in [7, 11) is 0. The molecule has 1 N–H and O–H groups in total. The van der Waals surface area contributed by atoms with Gasteiger partial charge in [-0.25, -0.2) is 4.79 Å². The molecule has 0 saturated carbocycles. The molecular weight excluding hydrogens is 456 g/mol. The molecule has 3 heterocycles. The zero-order valence-electron chi connectivity index (χ0n) is 20.4. The van der Waals surface area contributed by atoms with E-state index in [0.717, 1.165) is 17.1 Å². The van der Waals surface area contributed by atoms with Crippen LogP contribution in [0.5, 0.6) is 0 Å². The molecule has 0 aliphatic carbocycles. The van der Waals surface area contributed by atoms with Gasteiger partial charge in [-0.3, -0.25) is 14.6 Å². The van der Waals surface area contributed by atoms with Gasteiger partial charge in [0.15, 0.2) is 0 Å². The molecule has 9 nitrogen and oxygen atoms in total. The summed E-state index contributed by atoms with van der Waals surface area (Å²) in [5, 5.41) is 10.2. The van der Waals surface area contributed by atoms with Crippen molar-refractivity contribution in [1.82, 2.24) is 19.7 Å². The molecular formula is C24H36N4O5S. The summed E-state index contributed by atoms with van der Waals surface area (Å²) < 4.78 is 5.06. The number of hydrogen-bond acceptors (Lipinski definition) is 7. The molecule has 10 heteroatoms. The Morgan fingerprint density at radius 3 is 2.35 bits per heavy atom. The predicted octanol–water partition coefficient (Wildman–Crippen LogP) is 2.12. The normalized spacial score (nSPS) is 18.1. The fourth-order valence-corrected chi connectivity index (χ4v) is 4.94. The number of ether oxygens (including phenoxy) is 1. The van der Waals surface area contributed by atoms with Crippen molar-refractivity contribution in [3.05, 3.63) is 29.1 Å². The number of aryl methyl sites for hydroxylation is 1. The number of aliphatic hydroxyl groups excluding tert-OH is 1. The van der Waals surface area contributed by atoms with Crippen LogP contribution >= 0.6 is 11.8 Å². The van der Waals surface area contributed by atoms with E-state index in [1.165, 1.54) is 0 Å². The van der Waals surface area contributed by atoms with E-state index in [2.05, 4.69) is 0 Å². The zero-order chi connectivity index (χ0) is 24.7. The summed E-state index contributed by atoms with van der Waals surface area (Å²) in [6, 6.07) is 3.70. The Morgan fingerprint density at radius 1 is 1.09 bits per heavy atom. The first-order chi connectivity index (χ1) is 16.3. The molecule has 1 atom stereocenters. The van der Waals surface area contributed by atoms with E-state index in [4.69, 9.17) is 9.72 Å². The maximum absolute atomic E-state index is 13.4. The highest BCUT2D eigenvalue weighted by atomic mass is 32.2. The fourth-order valence-electron chi connectivity index (χ4n) is 4.48. The van der Waals surface area contributed by atoms with Crippen LogP contribution in [0.4, 0.5) is 4.79 Å². The number of piperidine rings is 1. The number of carbonyl (C=O) groups excluding carboxylic acids is 3. The molecule has 2 aliphatic rings. The number of thioether (sulfide) groups is 1. The molecule has 1 aromatic heterocycles. The SMILES string of the molecule is CCOC(=O)N1CCN(C(=O)c2ccc(C)nc2C2CCN(C(=O)C(O)CCSC)CC2)CC1. The Labute approximate surface area is 205 Å². The molecule has 3 amide bonds. The van der Waals surface area contributed by atoms with Gasteiger partial charge in [0.05, 0.1) is 17.9 Å². The number of amides is 3. The van der Waals surface area contributed by atoms with Crippen LogP contribution in [0.25, 0.3) is 0 Å². The van der Waals surface area contributed by atoms with E-state index in [1.54, 1.807) is 33.4 Å². The molecule has 2 saturated heterocycles. The van der Waals surface area contributed by atoms with Crippen molar-refractivity contribution < 1.29 is 24.2 Å². The van der Waals surface area contributed by atoms with E-state index in [9.17, 15) is 19.5 Å². The Morgan fingerprint density at radius 2 is 1.74 bits per heavy atom. The average Bonchev–Trinajstić information content (AvgIpc) is 2.86. The van der Waals surface area contributed by atoms with Gasteiger partial charge in [-0.1, -0.05) is 0 Å². The number of carbonyl (C=O) groups is 3. The highest BCUT2D eigenvalue weighted by Crippen LogP contribution is 2.30. The fraction of sp³-hybridized carbons (Fsp3) is 0.667.